The molecule has 0 N–H and O–H groups in total. The van der Waals surface area contributed by atoms with Crippen LogP contribution in [0.3, 0.4) is 0 Å². The van der Waals surface area contributed by atoms with Crippen LogP contribution in [0.4, 0.5) is 23.2 Å². The van der Waals surface area contributed by atoms with Gasteiger partial charge in [0, 0.05) is 37.4 Å². The van der Waals surface area contributed by atoms with Gasteiger partial charge in [0.15, 0.2) is 0 Å². The molecule has 0 unspecified atom stereocenters. The zero-order chi connectivity index (χ0) is 22.9. The average Bonchev–Trinajstić information content (AvgIpc) is 3.14. The zero-order valence-corrected chi connectivity index (χ0v) is 16.7. The predicted octanol–water partition coefficient (Wildman–Crippen LogP) is 3.01. The summed E-state index contributed by atoms with van der Waals surface area (Å²) >= 11 is 0. The van der Waals surface area contributed by atoms with E-state index >= 15 is 0 Å². The van der Waals surface area contributed by atoms with Crippen molar-refractivity contribution in [1.29, 1.82) is 0 Å². The Labute approximate surface area is 179 Å². The first-order chi connectivity index (χ1) is 15.2. The Morgan fingerprint density at radius 1 is 1.03 bits per heavy atom. The number of benzene rings is 2. The number of aromatic nitrogens is 2. The van der Waals surface area contributed by atoms with Crippen LogP contribution in [0.2, 0.25) is 0 Å². The van der Waals surface area contributed by atoms with Crippen LogP contribution in [0, 0.1) is 5.82 Å². The standard InChI is InChI=1S/C21H18F4N4O3/c22-16-6-4-14(5-7-16)19-26-29(20(31)32-19)13-18(30)28-10-8-27(9-11-28)17-3-1-2-15(12-17)21(23,24)25/h1-7,12H,8-11,13H2. The molecule has 168 valence electrons. The normalized spacial score (nSPS) is 14.6. The van der Waals surface area contributed by atoms with Gasteiger partial charge in [-0.15, -0.1) is 5.10 Å². The second-order valence-corrected chi connectivity index (χ2v) is 7.25. The number of carbonyl (C=O) groups is 1. The lowest BCUT2D eigenvalue weighted by Gasteiger charge is -2.36. The van der Waals surface area contributed by atoms with Crippen molar-refractivity contribution in [2.24, 2.45) is 0 Å². The highest BCUT2D eigenvalue weighted by Gasteiger charge is 2.31. The van der Waals surface area contributed by atoms with Crippen molar-refractivity contribution < 1.29 is 26.8 Å². The van der Waals surface area contributed by atoms with E-state index < -0.39 is 23.3 Å². The molecule has 0 aliphatic carbocycles. The predicted molar refractivity (Wildman–Crippen MR) is 106 cm³/mol. The van der Waals surface area contributed by atoms with E-state index in [1.54, 1.807) is 11.0 Å². The molecule has 1 aromatic heterocycles. The average molecular weight is 450 g/mol. The first-order valence-electron chi connectivity index (χ1n) is 9.74. The molecular formula is C21H18F4N4O3. The van der Waals surface area contributed by atoms with Gasteiger partial charge >= 0.3 is 11.9 Å². The number of rotatable bonds is 4. The summed E-state index contributed by atoms with van der Waals surface area (Å²) in [5, 5.41) is 3.99. The van der Waals surface area contributed by atoms with Gasteiger partial charge in [-0.3, -0.25) is 4.79 Å². The highest BCUT2D eigenvalue weighted by atomic mass is 19.4. The number of halogens is 4. The van der Waals surface area contributed by atoms with Gasteiger partial charge in [0.1, 0.15) is 12.4 Å². The Hall–Kier alpha value is -3.63. The minimum atomic E-state index is -4.43. The highest BCUT2D eigenvalue weighted by molar-refractivity contribution is 5.76. The van der Waals surface area contributed by atoms with Crippen molar-refractivity contribution in [3.05, 3.63) is 70.5 Å². The van der Waals surface area contributed by atoms with Crippen LogP contribution >= 0.6 is 0 Å². The van der Waals surface area contributed by atoms with Gasteiger partial charge in [0.2, 0.25) is 11.8 Å². The summed E-state index contributed by atoms with van der Waals surface area (Å²) in [5.41, 5.74) is 0.101. The quantitative estimate of drug-likeness (QED) is 0.572. The molecule has 0 radical (unpaired) electrons. The van der Waals surface area contributed by atoms with Crippen LogP contribution in [-0.4, -0.2) is 46.8 Å². The molecule has 0 spiro atoms. The van der Waals surface area contributed by atoms with Gasteiger partial charge in [-0.1, -0.05) is 6.07 Å². The van der Waals surface area contributed by atoms with Crippen molar-refractivity contribution in [3.8, 4) is 11.5 Å². The molecule has 4 rings (SSSR count). The number of carbonyl (C=O) groups excluding carboxylic acids is 1. The minimum absolute atomic E-state index is 0.0304. The smallest absolute Gasteiger partial charge is 0.388 e. The summed E-state index contributed by atoms with van der Waals surface area (Å²) in [6.45, 7) is 0.926. The fourth-order valence-electron chi connectivity index (χ4n) is 3.44. The molecule has 1 fully saturated rings. The maximum atomic E-state index is 13.1. The molecule has 1 amide bonds. The van der Waals surface area contributed by atoms with E-state index in [0.29, 0.717) is 24.3 Å². The van der Waals surface area contributed by atoms with Crippen molar-refractivity contribution in [1.82, 2.24) is 14.7 Å². The van der Waals surface area contributed by atoms with Crippen LogP contribution in [0.25, 0.3) is 11.5 Å². The number of anilines is 1. The van der Waals surface area contributed by atoms with E-state index in [9.17, 15) is 27.2 Å². The van der Waals surface area contributed by atoms with Gasteiger partial charge in [-0.05, 0) is 42.5 Å². The topological polar surface area (TPSA) is 71.6 Å². The van der Waals surface area contributed by atoms with Crippen LogP contribution in [0.5, 0.6) is 0 Å². The summed E-state index contributed by atoms with van der Waals surface area (Å²) in [4.78, 5) is 27.9. The highest BCUT2D eigenvalue weighted by Crippen LogP contribution is 2.31. The van der Waals surface area contributed by atoms with Crippen molar-refractivity contribution in [3.63, 3.8) is 0 Å². The molecule has 0 bridgehead atoms. The summed E-state index contributed by atoms with van der Waals surface area (Å²) in [5.74, 6) is -1.66. The zero-order valence-electron chi connectivity index (χ0n) is 16.7. The number of alkyl halides is 3. The number of amides is 1. The summed E-state index contributed by atoms with van der Waals surface area (Å²) < 4.78 is 57.8. The van der Waals surface area contributed by atoms with Gasteiger partial charge in [-0.25, -0.2) is 9.18 Å². The molecule has 2 heterocycles. The number of hydrogen-bond donors (Lipinski definition) is 0. The van der Waals surface area contributed by atoms with Crippen molar-refractivity contribution >= 4 is 11.6 Å². The Morgan fingerprint density at radius 3 is 2.38 bits per heavy atom. The largest absolute Gasteiger partial charge is 0.437 e. The lowest BCUT2D eigenvalue weighted by molar-refractivity contribution is -0.137. The third-order valence-corrected chi connectivity index (χ3v) is 5.15. The molecule has 2 aromatic carbocycles. The lowest BCUT2D eigenvalue weighted by atomic mass is 10.1. The van der Waals surface area contributed by atoms with E-state index in [4.69, 9.17) is 4.42 Å². The first-order valence-corrected chi connectivity index (χ1v) is 9.74. The molecule has 0 saturated carbocycles. The number of piperazine rings is 1. The maximum absolute atomic E-state index is 13.1. The first kappa shape index (κ1) is 21.6. The summed E-state index contributed by atoms with van der Waals surface area (Å²) in [7, 11) is 0. The van der Waals surface area contributed by atoms with Crippen LogP contribution in [0.15, 0.2) is 57.7 Å². The van der Waals surface area contributed by atoms with Gasteiger partial charge < -0.3 is 14.2 Å². The molecule has 11 heteroatoms. The molecule has 1 saturated heterocycles. The van der Waals surface area contributed by atoms with E-state index in [-0.39, 0.29) is 31.4 Å². The fourth-order valence-corrected chi connectivity index (χ4v) is 3.44. The monoisotopic (exact) mass is 450 g/mol. The second kappa shape index (κ2) is 8.48. The fraction of sp³-hybridized carbons (Fsp3) is 0.286. The minimum Gasteiger partial charge on any atom is -0.388 e. The molecule has 32 heavy (non-hydrogen) atoms. The molecule has 1 aliphatic heterocycles. The van der Waals surface area contributed by atoms with Gasteiger partial charge in [0.25, 0.3) is 0 Å². The molecule has 3 aromatic rings. The number of nitrogens with zero attached hydrogens (tertiary/aromatic N) is 4. The SMILES string of the molecule is O=C(Cn1nc(-c2ccc(F)cc2)oc1=O)N1CCN(c2cccc(C(F)(F)F)c2)CC1. The second-order valence-electron chi connectivity index (χ2n) is 7.25. The van der Waals surface area contributed by atoms with Crippen molar-refractivity contribution in [2.45, 2.75) is 12.7 Å². The van der Waals surface area contributed by atoms with E-state index in [1.165, 1.54) is 35.2 Å². The third kappa shape index (κ3) is 4.66. The molecule has 1 aliphatic rings. The molecule has 7 nitrogen and oxygen atoms in total. The van der Waals surface area contributed by atoms with Crippen LogP contribution < -0.4 is 10.7 Å². The van der Waals surface area contributed by atoms with Crippen LogP contribution in [-0.2, 0) is 17.5 Å². The molecule has 0 atom stereocenters. The Morgan fingerprint density at radius 2 is 1.72 bits per heavy atom. The van der Waals surface area contributed by atoms with E-state index in [0.717, 1.165) is 16.8 Å². The van der Waals surface area contributed by atoms with Gasteiger partial charge in [-0.2, -0.15) is 17.9 Å². The third-order valence-electron chi connectivity index (χ3n) is 5.15. The Bertz CT molecular complexity index is 1160. The van der Waals surface area contributed by atoms with Crippen molar-refractivity contribution in [2.75, 3.05) is 31.1 Å². The maximum Gasteiger partial charge on any atom is 0.437 e. The lowest BCUT2D eigenvalue weighted by Crippen LogP contribution is -2.50. The Balaban J connectivity index is 1.38. The van der Waals surface area contributed by atoms with Gasteiger partial charge in [0.05, 0.1) is 5.56 Å². The Kier molecular flexibility index (Phi) is 5.72. The number of hydrogen-bond acceptors (Lipinski definition) is 5. The van der Waals surface area contributed by atoms with E-state index in [2.05, 4.69) is 5.10 Å². The summed E-state index contributed by atoms with van der Waals surface area (Å²) in [6, 6.07) is 10.2. The van der Waals surface area contributed by atoms with Crippen LogP contribution in [0.1, 0.15) is 5.56 Å². The van der Waals surface area contributed by atoms with E-state index in [1.807, 2.05) is 0 Å². The molecular weight excluding hydrogens is 432 g/mol. The summed E-state index contributed by atoms with van der Waals surface area (Å²) in [6.07, 6.45) is -4.43.